The number of ether oxygens (including phenoxy) is 1. The van der Waals surface area contributed by atoms with Gasteiger partial charge in [-0.1, -0.05) is 48.6 Å². The molecule has 0 radical (unpaired) electrons. The average molecular weight is 286 g/mol. The Morgan fingerprint density at radius 1 is 1.14 bits per heavy atom. The van der Waals surface area contributed by atoms with E-state index in [1.54, 1.807) is 0 Å². The van der Waals surface area contributed by atoms with Gasteiger partial charge in [0.15, 0.2) is 5.60 Å². The second-order valence-electron chi connectivity index (χ2n) is 6.16. The van der Waals surface area contributed by atoms with Gasteiger partial charge in [-0.15, -0.1) is 0 Å². The Kier molecular flexibility index (Phi) is 2.17. The Balaban J connectivity index is 1.78. The molecule has 1 heterocycles. The third-order valence-corrected chi connectivity index (χ3v) is 4.98. The van der Waals surface area contributed by atoms with Crippen LogP contribution in [0.5, 0.6) is 0 Å². The first kappa shape index (κ1) is 12.0. The van der Waals surface area contributed by atoms with E-state index in [-0.39, 0.29) is 11.9 Å². The molecule has 2 aromatic rings. The zero-order valence-electron chi connectivity index (χ0n) is 12.0. The van der Waals surface area contributed by atoms with E-state index in [0.29, 0.717) is 6.42 Å². The largest absolute Gasteiger partial charge is 0.449 e. The summed E-state index contributed by atoms with van der Waals surface area (Å²) >= 11 is 0. The predicted molar refractivity (Wildman–Crippen MR) is 86.4 cm³/mol. The van der Waals surface area contributed by atoms with Crippen molar-refractivity contribution in [1.82, 2.24) is 0 Å². The smallest absolute Gasteiger partial charge is 0.311 e. The van der Waals surface area contributed by atoms with E-state index >= 15 is 0 Å². The number of benzene rings is 2. The Morgan fingerprint density at radius 3 is 2.82 bits per heavy atom. The van der Waals surface area contributed by atoms with Crippen molar-refractivity contribution >= 4 is 22.8 Å². The lowest BCUT2D eigenvalue weighted by atomic mass is 9.70. The molecule has 0 saturated carbocycles. The van der Waals surface area contributed by atoms with E-state index in [9.17, 15) is 4.79 Å². The van der Waals surface area contributed by atoms with Crippen molar-refractivity contribution in [3.8, 4) is 0 Å². The van der Waals surface area contributed by atoms with Crippen molar-refractivity contribution in [2.75, 3.05) is 0 Å². The van der Waals surface area contributed by atoms with E-state index in [0.717, 1.165) is 5.57 Å². The van der Waals surface area contributed by atoms with Crippen LogP contribution in [0.25, 0.3) is 16.8 Å². The van der Waals surface area contributed by atoms with Gasteiger partial charge in [0.2, 0.25) is 0 Å². The molecule has 2 atom stereocenters. The van der Waals surface area contributed by atoms with Crippen molar-refractivity contribution in [2.24, 2.45) is 0 Å². The number of hydrogen-bond acceptors (Lipinski definition) is 2. The fraction of sp³-hybridized carbons (Fsp3) is 0.150. The van der Waals surface area contributed by atoms with Gasteiger partial charge in [-0.05, 0) is 45.7 Å². The van der Waals surface area contributed by atoms with Gasteiger partial charge >= 0.3 is 5.97 Å². The minimum absolute atomic E-state index is 0.0727. The van der Waals surface area contributed by atoms with E-state index in [1.165, 1.54) is 21.9 Å². The lowest BCUT2D eigenvalue weighted by Crippen LogP contribution is -2.38. The molecule has 1 saturated heterocycles. The maximum atomic E-state index is 11.9. The summed E-state index contributed by atoms with van der Waals surface area (Å²) in [5.74, 6) is -0.0580. The van der Waals surface area contributed by atoms with Crippen LogP contribution in [0.15, 0.2) is 66.3 Å². The quantitative estimate of drug-likeness (QED) is 0.681. The molecular formula is C20H14O2. The van der Waals surface area contributed by atoms with Gasteiger partial charge in [-0.2, -0.15) is 0 Å². The molecule has 106 valence electrons. The molecule has 1 spiro atoms. The highest BCUT2D eigenvalue weighted by molar-refractivity contribution is 5.88. The van der Waals surface area contributed by atoms with E-state index in [4.69, 9.17) is 4.74 Å². The van der Waals surface area contributed by atoms with Crippen molar-refractivity contribution in [3.05, 3.63) is 77.4 Å². The van der Waals surface area contributed by atoms with Gasteiger partial charge in [0.1, 0.15) is 0 Å². The fourth-order valence-corrected chi connectivity index (χ4v) is 3.94. The van der Waals surface area contributed by atoms with Crippen LogP contribution in [0.4, 0.5) is 0 Å². The maximum absolute atomic E-state index is 11.9. The molecule has 2 nitrogen and oxygen atoms in total. The number of carbonyl (C=O) groups is 1. The van der Waals surface area contributed by atoms with Crippen LogP contribution in [0.3, 0.4) is 0 Å². The highest BCUT2D eigenvalue weighted by Gasteiger charge is 2.51. The first-order valence-corrected chi connectivity index (χ1v) is 7.58. The van der Waals surface area contributed by atoms with Crippen molar-refractivity contribution in [3.63, 3.8) is 0 Å². The van der Waals surface area contributed by atoms with Gasteiger partial charge in [0.25, 0.3) is 0 Å². The summed E-state index contributed by atoms with van der Waals surface area (Å²) < 4.78 is 5.78. The second kappa shape index (κ2) is 3.98. The third kappa shape index (κ3) is 1.42. The lowest BCUT2D eigenvalue weighted by Gasteiger charge is -2.38. The summed E-state index contributed by atoms with van der Waals surface area (Å²) in [7, 11) is 0. The number of fused-ring (bicyclic) bond motifs is 3. The Bertz CT molecular complexity index is 916. The number of rotatable bonds is 0. The predicted octanol–water partition coefficient (Wildman–Crippen LogP) is 4.13. The van der Waals surface area contributed by atoms with Crippen LogP contribution in [0.1, 0.15) is 23.5 Å². The first-order valence-electron chi connectivity index (χ1n) is 7.58. The maximum Gasteiger partial charge on any atom is 0.311 e. The molecule has 3 aliphatic rings. The van der Waals surface area contributed by atoms with Gasteiger partial charge in [0.05, 0.1) is 12.3 Å². The molecule has 0 unspecified atom stereocenters. The van der Waals surface area contributed by atoms with Crippen LogP contribution in [-0.4, -0.2) is 11.6 Å². The Labute approximate surface area is 128 Å². The zero-order valence-corrected chi connectivity index (χ0v) is 12.0. The molecule has 2 aliphatic carbocycles. The molecule has 2 aromatic carbocycles. The van der Waals surface area contributed by atoms with Gasteiger partial charge < -0.3 is 4.74 Å². The summed E-state index contributed by atoms with van der Waals surface area (Å²) in [6.45, 7) is 0. The summed E-state index contributed by atoms with van der Waals surface area (Å²) in [5.41, 5.74) is 2.92. The van der Waals surface area contributed by atoms with Gasteiger partial charge in [-0.3, -0.25) is 4.79 Å². The summed E-state index contributed by atoms with van der Waals surface area (Å²) in [4.78, 5) is 11.9. The standard InChI is InChI=1S/C20H14O2/c21-19-12-16-6-3-7-18-17-11-14-5-2-1-4-13(14)10-15(17)8-9-20(16,18)22-19/h1-11,18H,12H2/t18-,20-/m0/s1. The van der Waals surface area contributed by atoms with Crippen LogP contribution >= 0.6 is 0 Å². The molecule has 2 heteroatoms. The third-order valence-electron chi connectivity index (χ3n) is 4.98. The number of carbonyl (C=O) groups excluding carboxylic acids is 1. The molecule has 0 amide bonds. The molecule has 0 aromatic heterocycles. The Morgan fingerprint density at radius 2 is 1.95 bits per heavy atom. The second-order valence-corrected chi connectivity index (χ2v) is 6.16. The van der Waals surface area contributed by atoms with Crippen molar-refractivity contribution in [2.45, 2.75) is 17.9 Å². The fourth-order valence-electron chi connectivity index (χ4n) is 3.94. The van der Waals surface area contributed by atoms with Crippen molar-refractivity contribution in [1.29, 1.82) is 0 Å². The highest BCUT2D eigenvalue weighted by Crippen LogP contribution is 2.51. The minimum Gasteiger partial charge on any atom is -0.449 e. The van der Waals surface area contributed by atoms with E-state index < -0.39 is 5.60 Å². The van der Waals surface area contributed by atoms with E-state index in [1.807, 2.05) is 6.08 Å². The molecule has 22 heavy (non-hydrogen) atoms. The first-order chi connectivity index (χ1) is 10.8. The molecule has 1 aliphatic heterocycles. The monoisotopic (exact) mass is 286 g/mol. The molecule has 0 bridgehead atoms. The normalized spacial score (nSPS) is 27.9. The van der Waals surface area contributed by atoms with Gasteiger partial charge in [0, 0.05) is 0 Å². The average Bonchev–Trinajstić information content (AvgIpc) is 2.87. The Hall–Kier alpha value is -2.61. The van der Waals surface area contributed by atoms with Crippen molar-refractivity contribution < 1.29 is 9.53 Å². The SMILES string of the molecule is O=C1CC2=CC=C[C@H]3c4cc5ccccc5cc4C=C[C@]23O1. The zero-order chi connectivity index (χ0) is 14.7. The number of allylic oxidation sites excluding steroid dienone is 2. The summed E-state index contributed by atoms with van der Waals surface area (Å²) in [6.07, 6.45) is 10.8. The summed E-state index contributed by atoms with van der Waals surface area (Å²) in [6, 6.07) is 12.8. The van der Waals surface area contributed by atoms with E-state index in [2.05, 4.69) is 60.7 Å². The molecular weight excluding hydrogens is 272 g/mol. The van der Waals surface area contributed by atoms with Crippen LogP contribution in [0, 0.1) is 0 Å². The van der Waals surface area contributed by atoms with Crippen LogP contribution < -0.4 is 0 Å². The van der Waals surface area contributed by atoms with Crippen LogP contribution in [0.2, 0.25) is 0 Å². The topological polar surface area (TPSA) is 26.3 Å². The van der Waals surface area contributed by atoms with Gasteiger partial charge in [-0.25, -0.2) is 0 Å². The number of hydrogen-bond donors (Lipinski definition) is 0. The highest BCUT2D eigenvalue weighted by atomic mass is 16.6. The minimum atomic E-state index is -0.596. The summed E-state index contributed by atoms with van der Waals surface area (Å²) in [5, 5.41) is 2.46. The molecule has 5 rings (SSSR count). The van der Waals surface area contributed by atoms with Crippen LogP contribution in [-0.2, 0) is 9.53 Å². The number of esters is 1. The lowest BCUT2D eigenvalue weighted by molar-refractivity contribution is -0.145. The molecule has 0 N–H and O–H groups in total. The molecule has 1 fully saturated rings.